The standard InChI is InChI=1S/C7H10IN3.C3H9N/c1-5(2)11-7-9-3-6(8)4-10-7;1-3(2)4/h3-5H,1-2H3,(H,9,10,11);3H,4H2,1-2H3. The molecule has 0 aliphatic heterocycles. The number of nitrogens with one attached hydrogen (secondary N) is 1. The van der Waals surface area contributed by atoms with Crippen molar-refractivity contribution < 1.29 is 0 Å². The van der Waals surface area contributed by atoms with Crippen LogP contribution in [0.4, 0.5) is 5.95 Å². The number of halogens is 1. The minimum Gasteiger partial charge on any atom is -0.352 e. The van der Waals surface area contributed by atoms with E-state index >= 15 is 0 Å². The second-order valence-electron chi connectivity index (χ2n) is 3.77. The second kappa shape index (κ2) is 7.81. The van der Waals surface area contributed by atoms with Crippen LogP contribution in [0, 0.1) is 3.57 Å². The Morgan fingerprint density at radius 3 is 1.93 bits per heavy atom. The van der Waals surface area contributed by atoms with Crippen LogP contribution in [0.25, 0.3) is 0 Å². The first-order valence-electron chi connectivity index (χ1n) is 4.91. The molecule has 3 N–H and O–H groups in total. The van der Waals surface area contributed by atoms with Gasteiger partial charge in [-0.25, -0.2) is 9.97 Å². The summed E-state index contributed by atoms with van der Waals surface area (Å²) in [5.74, 6) is 0.695. The lowest BCUT2D eigenvalue weighted by Crippen LogP contribution is -2.12. The Hall–Kier alpha value is -0.430. The van der Waals surface area contributed by atoms with Crippen LogP contribution in [0.1, 0.15) is 27.7 Å². The number of hydrogen-bond donors (Lipinski definition) is 2. The van der Waals surface area contributed by atoms with Gasteiger partial charge in [0, 0.05) is 22.0 Å². The van der Waals surface area contributed by atoms with Gasteiger partial charge >= 0.3 is 0 Å². The Bertz CT molecular complexity index is 256. The molecule has 0 saturated carbocycles. The van der Waals surface area contributed by atoms with Crippen molar-refractivity contribution in [2.45, 2.75) is 39.8 Å². The Morgan fingerprint density at radius 2 is 1.60 bits per heavy atom. The molecule has 4 nitrogen and oxygen atoms in total. The normalized spacial score (nSPS) is 9.87. The van der Waals surface area contributed by atoms with E-state index in [2.05, 4.69) is 51.7 Å². The molecule has 0 fully saturated rings. The van der Waals surface area contributed by atoms with E-state index in [9.17, 15) is 0 Å². The number of nitrogens with zero attached hydrogens (tertiary/aromatic N) is 2. The lowest BCUT2D eigenvalue weighted by molar-refractivity contribution is 0.834. The van der Waals surface area contributed by atoms with Crippen molar-refractivity contribution in [3.63, 3.8) is 0 Å². The summed E-state index contributed by atoms with van der Waals surface area (Å²) in [6, 6.07) is 0.718. The van der Waals surface area contributed by atoms with Gasteiger partial charge in [0.15, 0.2) is 0 Å². The lowest BCUT2D eigenvalue weighted by Gasteiger charge is -2.06. The van der Waals surface area contributed by atoms with Gasteiger partial charge in [0.25, 0.3) is 0 Å². The molecule has 1 rings (SSSR count). The fourth-order valence-corrected chi connectivity index (χ4v) is 0.924. The fraction of sp³-hybridized carbons (Fsp3) is 0.600. The molecule has 1 heterocycles. The quantitative estimate of drug-likeness (QED) is 0.820. The molecule has 0 amide bonds. The van der Waals surface area contributed by atoms with Gasteiger partial charge in [-0.15, -0.1) is 0 Å². The smallest absolute Gasteiger partial charge is 0.222 e. The number of rotatable bonds is 2. The maximum Gasteiger partial charge on any atom is 0.222 e. The van der Waals surface area contributed by atoms with E-state index in [0.717, 1.165) is 3.57 Å². The maximum atomic E-state index is 5.11. The van der Waals surface area contributed by atoms with Crippen molar-refractivity contribution in [1.82, 2.24) is 9.97 Å². The molecular weight excluding hydrogens is 303 g/mol. The monoisotopic (exact) mass is 322 g/mol. The van der Waals surface area contributed by atoms with Crippen LogP contribution in [0.2, 0.25) is 0 Å². The van der Waals surface area contributed by atoms with Gasteiger partial charge in [-0.3, -0.25) is 0 Å². The molecule has 0 saturated heterocycles. The van der Waals surface area contributed by atoms with Crippen LogP contribution in [-0.4, -0.2) is 22.1 Å². The molecule has 0 unspecified atom stereocenters. The van der Waals surface area contributed by atoms with Crippen LogP contribution in [0.15, 0.2) is 12.4 Å². The highest BCUT2D eigenvalue weighted by atomic mass is 127. The fourth-order valence-electron chi connectivity index (χ4n) is 0.645. The molecule has 1 aromatic heterocycles. The SMILES string of the molecule is CC(C)N.CC(C)Nc1ncc(I)cn1. The third-order valence-electron chi connectivity index (χ3n) is 1.04. The molecule has 0 aliphatic carbocycles. The zero-order valence-corrected chi connectivity index (χ0v) is 11.8. The Balaban J connectivity index is 0.000000423. The third kappa shape index (κ3) is 9.86. The van der Waals surface area contributed by atoms with Crippen molar-refractivity contribution in [2.75, 3.05) is 5.32 Å². The number of hydrogen-bond acceptors (Lipinski definition) is 4. The predicted octanol–water partition coefficient (Wildman–Crippen LogP) is 2.25. The molecule has 1 aromatic rings. The number of anilines is 1. The van der Waals surface area contributed by atoms with E-state index in [-0.39, 0.29) is 0 Å². The molecule has 0 aliphatic rings. The van der Waals surface area contributed by atoms with Crippen molar-refractivity contribution in [2.24, 2.45) is 5.73 Å². The summed E-state index contributed by atoms with van der Waals surface area (Å²) in [5, 5.41) is 3.11. The predicted molar refractivity (Wildman–Crippen MR) is 72.8 cm³/mol. The molecule has 0 atom stereocenters. The highest BCUT2D eigenvalue weighted by Crippen LogP contribution is 2.03. The molecule has 5 heteroatoms. The van der Waals surface area contributed by atoms with Gasteiger partial charge in [0.2, 0.25) is 5.95 Å². The first-order valence-corrected chi connectivity index (χ1v) is 5.99. The van der Waals surface area contributed by atoms with E-state index < -0.39 is 0 Å². The molecular formula is C10H19IN4. The summed E-state index contributed by atoms with van der Waals surface area (Å²) in [6.45, 7) is 8.00. The largest absolute Gasteiger partial charge is 0.352 e. The molecule has 0 aromatic carbocycles. The van der Waals surface area contributed by atoms with E-state index in [0.29, 0.717) is 18.0 Å². The third-order valence-corrected chi connectivity index (χ3v) is 1.60. The average Bonchev–Trinajstić information content (AvgIpc) is 2.07. The lowest BCUT2D eigenvalue weighted by atomic mass is 10.4. The minimum absolute atomic E-state index is 0.333. The maximum absolute atomic E-state index is 5.11. The molecule has 15 heavy (non-hydrogen) atoms. The summed E-state index contributed by atoms with van der Waals surface area (Å²) < 4.78 is 1.05. The van der Waals surface area contributed by atoms with Gasteiger partial charge in [-0.2, -0.15) is 0 Å². The number of nitrogens with two attached hydrogens (primary N) is 1. The second-order valence-corrected chi connectivity index (χ2v) is 5.01. The van der Waals surface area contributed by atoms with Crippen LogP contribution in [-0.2, 0) is 0 Å². The van der Waals surface area contributed by atoms with Crippen LogP contribution >= 0.6 is 22.6 Å². The van der Waals surface area contributed by atoms with Gasteiger partial charge in [-0.1, -0.05) is 13.8 Å². The van der Waals surface area contributed by atoms with Crippen molar-refractivity contribution in [3.8, 4) is 0 Å². The Labute approximate surface area is 105 Å². The van der Waals surface area contributed by atoms with E-state index in [4.69, 9.17) is 5.73 Å². The first kappa shape index (κ1) is 14.6. The molecule has 0 bridgehead atoms. The zero-order chi connectivity index (χ0) is 11.8. The van der Waals surface area contributed by atoms with Crippen molar-refractivity contribution >= 4 is 28.5 Å². The minimum atomic E-state index is 0.333. The van der Waals surface area contributed by atoms with Gasteiger partial charge in [0.1, 0.15) is 0 Å². The average molecular weight is 322 g/mol. The Kier molecular flexibility index (Phi) is 7.59. The highest BCUT2D eigenvalue weighted by Gasteiger charge is 1.96. The molecule has 0 radical (unpaired) electrons. The van der Waals surface area contributed by atoms with Crippen molar-refractivity contribution in [1.29, 1.82) is 0 Å². The highest BCUT2D eigenvalue weighted by molar-refractivity contribution is 14.1. The molecule has 0 spiro atoms. The molecule has 86 valence electrons. The number of aromatic nitrogens is 2. The van der Waals surface area contributed by atoms with Crippen LogP contribution in [0.3, 0.4) is 0 Å². The van der Waals surface area contributed by atoms with Crippen LogP contribution in [0.5, 0.6) is 0 Å². The first-order chi connectivity index (χ1) is 6.91. The van der Waals surface area contributed by atoms with E-state index in [1.807, 2.05) is 13.8 Å². The summed E-state index contributed by atoms with van der Waals surface area (Å²) in [6.07, 6.45) is 3.58. The van der Waals surface area contributed by atoms with Crippen LogP contribution < -0.4 is 11.1 Å². The topological polar surface area (TPSA) is 63.8 Å². The van der Waals surface area contributed by atoms with E-state index in [1.165, 1.54) is 0 Å². The van der Waals surface area contributed by atoms with Gasteiger partial charge in [0.05, 0.1) is 0 Å². The summed E-state index contributed by atoms with van der Waals surface area (Å²) in [4.78, 5) is 8.18. The van der Waals surface area contributed by atoms with Gasteiger partial charge < -0.3 is 11.1 Å². The summed E-state index contributed by atoms with van der Waals surface area (Å²) in [5.41, 5.74) is 5.11. The Morgan fingerprint density at radius 1 is 1.20 bits per heavy atom. The van der Waals surface area contributed by atoms with Crippen molar-refractivity contribution in [3.05, 3.63) is 16.0 Å². The summed E-state index contributed by atoms with van der Waals surface area (Å²) >= 11 is 2.18. The van der Waals surface area contributed by atoms with Gasteiger partial charge in [-0.05, 0) is 42.5 Å². The van der Waals surface area contributed by atoms with E-state index in [1.54, 1.807) is 12.4 Å². The zero-order valence-electron chi connectivity index (χ0n) is 9.66. The summed E-state index contributed by atoms with van der Waals surface area (Å²) in [7, 11) is 0.